The summed E-state index contributed by atoms with van der Waals surface area (Å²) in [5.41, 5.74) is 2.16. The fourth-order valence-corrected chi connectivity index (χ4v) is 2.54. The van der Waals surface area contributed by atoms with Crippen LogP contribution >= 0.6 is 0 Å². The van der Waals surface area contributed by atoms with Crippen LogP contribution in [0.4, 0.5) is 0 Å². The molecular weight excluding hydrogens is 253 g/mol. The van der Waals surface area contributed by atoms with Crippen molar-refractivity contribution in [3.05, 3.63) is 5.61 Å². The van der Waals surface area contributed by atoms with Gasteiger partial charge in [-0.2, -0.15) is 0 Å². The van der Waals surface area contributed by atoms with E-state index in [1.165, 1.54) is 5.56 Å². The number of hydrogen-bond donors (Lipinski definition) is 1. The van der Waals surface area contributed by atoms with Crippen molar-refractivity contribution in [1.82, 2.24) is 0 Å². The van der Waals surface area contributed by atoms with Crippen LogP contribution in [0, 0.1) is 49.0 Å². The normalized spacial score (nSPS) is 12.6. The van der Waals surface area contributed by atoms with Gasteiger partial charge in [0, 0.05) is 0 Å². The van der Waals surface area contributed by atoms with Crippen molar-refractivity contribution in [2.75, 3.05) is 0 Å². The average molecular weight is 271 g/mol. The van der Waals surface area contributed by atoms with Crippen molar-refractivity contribution >= 4 is 5.65 Å². The third-order valence-electron chi connectivity index (χ3n) is 1.49. The van der Waals surface area contributed by atoms with Crippen molar-refractivity contribution in [3.8, 4) is 0 Å². The van der Waals surface area contributed by atoms with Crippen molar-refractivity contribution < 1.29 is 43.6 Å². The van der Waals surface area contributed by atoms with Gasteiger partial charge < -0.3 is 0 Å². The molecule has 1 N–H and O–H groups in total. The fraction of sp³-hybridized carbons (Fsp3) is 0.556. The summed E-state index contributed by atoms with van der Waals surface area (Å²) in [6.45, 7) is 10.4. The van der Waals surface area contributed by atoms with Gasteiger partial charge in [-0.25, -0.2) is 0 Å². The molecule has 0 unspecified atom stereocenters. The first-order valence-electron chi connectivity index (χ1n) is 3.63. The molecule has 0 aliphatic rings. The molecule has 0 saturated carbocycles. The van der Waals surface area contributed by atoms with Gasteiger partial charge in [0.25, 0.3) is 0 Å². The zero-order chi connectivity index (χ0) is 9.02. The first-order valence-corrected chi connectivity index (χ1v) is 5.79. The molecule has 0 rings (SSSR count). The first kappa shape index (κ1) is 11.9. The molecule has 1 nitrogen and oxygen atoms in total. The van der Waals surface area contributed by atoms with E-state index in [-0.39, 0.29) is 43.6 Å². The van der Waals surface area contributed by atoms with Gasteiger partial charge in [-0.1, -0.05) is 0 Å². The Morgan fingerprint density at radius 3 is 1.73 bits per heavy atom. The van der Waals surface area contributed by atoms with Gasteiger partial charge in [-0.05, 0) is 0 Å². The second-order valence-corrected chi connectivity index (χ2v) is 6.56. The SMILES string of the molecule is CC(=N)/C(C)=[XeH]\C(C)=C(C)C. The van der Waals surface area contributed by atoms with E-state index in [0.29, 0.717) is 0 Å². The van der Waals surface area contributed by atoms with Gasteiger partial charge in [0.1, 0.15) is 0 Å². The zero-order valence-corrected chi connectivity index (χ0v) is 10.0. The third-order valence-corrected chi connectivity index (χ3v) is 5.00. The maximum absolute atomic E-state index is 7.40. The molecular formula is C9H17NXe. The molecule has 0 atom stereocenters. The van der Waals surface area contributed by atoms with E-state index < -0.39 is 0 Å². The van der Waals surface area contributed by atoms with Gasteiger partial charge >= 0.3 is 94.9 Å². The van der Waals surface area contributed by atoms with Crippen LogP contribution in [0.25, 0.3) is 0 Å². The quantitative estimate of drug-likeness (QED) is 0.745. The zero-order valence-electron chi connectivity index (χ0n) is 7.88. The molecule has 0 amide bonds. The topological polar surface area (TPSA) is 23.9 Å². The Morgan fingerprint density at radius 2 is 1.45 bits per heavy atom. The molecule has 0 bridgehead atoms. The summed E-state index contributed by atoms with van der Waals surface area (Å²) in [7, 11) is 0. The van der Waals surface area contributed by atoms with E-state index in [1.807, 2.05) is 6.92 Å². The second kappa shape index (κ2) is 5.49. The number of allylic oxidation sites excluding steroid dienone is 2. The number of hydrogen-bond acceptors (Lipinski definition) is 1. The predicted octanol–water partition coefficient (Wildman–Crippen LogP) is 2.35. The van der Waals surface area contributed by atoms with E-state index in [2.05, 4.69) is 27.7 Å². The molecule has 0 aromatic carbocycles. The van der Waals surface area contributed by atoms with Crippen LogP contribution in [-0.2, 0) is 0 Å². The molecule has 0 spiro atoms. The summed E-state index contributed by atoms with van der Waals surface area (Å²) in [6.07, 6.45) is 0. The van der Waals surface area contributed by atoms with Crippen molar-refractivity contribution in [3.63, 3.8) is 0 Å². The standard InChI is InChI=1S/C9H17NXe/c1-6(2)8(4)11-9(5)7(3)10/h10-11H,1-5H3. The van der Waals surface area contributed by atoms with E-state index in [0.717, 1.165) is 5.71 Å². The van der Waals surface area contributed by atoms with Crippen molar-refractivity contribution in [1.29, 1.82) is 5.41 Å². The van der Waals surface area contributed by atoms with Crippen LogP contribution in [0.1, 0.15) is 34.6 Å². The van der Waals surface area contributed by atoms with Crippen LogP contribution < -0.4 is 0 Å². The summed E-state index contributed by atoms with van der Waals surface area (Å²) in [5, 5.41) is 7.40. The minimum atomic E-state index is -0.00954. The van der Waals surface area contributed by atoms with Crippen LogP contribution in [0.2, 0.25) is 0 Å². The predicted molar refractivity (Wildman–Crippen MR) is 49.5 cm³/mol. The van der Waals surface area contributed by atoms with Gasteiger partial charge in [-0.3, -0.25) is 0 Å². The Labute approximate surface area is 93.5 Å². The Hall–Kier alpha value is 0.851. The van der Waals surface area contributed by atoms with Crippen LogP contribution in [0.3, 0.4) is 0 Å². The van der Waals surface area contributed by atoms with Gasteiger partial charge in [0.2, 0.25) is 0 Å². The molecule has 0 radical (unpaired) electrons. The van der Waals surface area contributed by atoms with E-state index in [9.17, 15) is 0 Å². The molecule has 0 saturated heterocycles. The summed E-state index contributed by atoms with van der Waals surface area (Å²) in [6, 6.07) is 0. The van der Waals surface area contributed by atoms with E-state index in [4.69, 9.17) is 5.41 Å². The van der Waals surface area contributed by atoms with Crippen molar-refractivity contribution in [2.24, 2.45) is 0 Å². The van der Waals surface area contributed by atoms with Gasteiger partial charge in [-0.15, -0.1) is 0 Å². The second-order valence-electron chi connectivity index (χ2n) is 2.79. The molecule has 0 aromatic rings. The van der Waals surface area contributed by atoms with Gasteiger partial charge in [0.05, 0.1) is 0 Å². The number of nitrogens with one attached hydrogen (secondary N) is 1. The molecule has 0 heterocycles. The maximum atomic E-state index is 7.40. The molecule has 0 aliphatic carbocycles. The van der Waals surface area contributed by atoms with Crippen LogP contribution in [-0.4, -0.2) is 5.65 Å². The molecule has 66 valence electrons. The van der Waals surface area contributed by atoms with Crippen LogP contribution in [0.5, 0.6) is 0 Å². The van der Waals surface area contributed by atoms with Crippen molar-refractivity contribution in [2.45, 2.75) is 34.6 Å². The monoisotopic (exact) mass is 271 g/mol. The van der Waals surface area contributed by atoms with E-state index in [1.54, 1.807) is 0 Å². The van der Waals surface area contributed by atoms with E-state index >= 15 is 0 Å². The molecule has 0 aromatic heterocycles. The van der Waals surface area contributed by atoms with Gasteiger partial charge in [0.15, 0.2) is 0 Å². The summed E-state index contributed by atoms with van der Waals surface area (Å²) in [4.78, 5) is 0. The Morgan fingerprint density at radius 1 is 1.00 bits per heavy atom. The molecule has 0 aliphatic heterocycles. The fourth-order valence-electron chi connectivity index (χ4n) is 0.378. The first-order chi connectivity index (χ1) is 4.95. The summed E-state index contributed by atoms with van der Waals surface area (Å²) < 4.78 is 2.77. The average Bonchev–Trinajstić information content (AvgIpc) is 1.87. The summed E-state index contributed by atoms with van der Waals surface area (Å²) in [5.74, 6) is 0. The summed E-state index contributed by atoms with van der Waals surface area (Å²) >= 11 is -0.00954. The molecule has 11 heavy (non-hydrogen) atoms. The minimum absolute atomic E-state index is 0.00954. The Kier molecular flexibility index (Phi) is 5.91. The Balaban J connectivity index is 4.58. The third kappa shape index (κ3) is 5.15. The Bertz CT molecular complexity index is 220. The van der Waals surface area contributed by atoms with Crippen LogP contribution in [0.15, 0.2) is 5.61 Å². The number of rotatable bonds is 2. The molecule has 0 fully saturated rings. The molecule has 2 heteroatoms.